The van der Waals surface area contributed by atoms with Crippen molar-refractivity contribution in [2.45, 2.75) is 19.4 Å². The number of amides is 1. The van der Waals surface area contributed by atoms with Crippen LogP contribution in [0.15, 0.2) is 18.2 Å². The van der Waals surface area contributed by atoms with Crippen LogP contribution in [0.2, 0.25) is 5.02 Å². The lowest BCUT2D eigenvalue weighted by Gasteiger charge is -2.33. The van der Waals surface area contributed by atoms with E-state index in [9.17, 15) is 9.18 Å². The molecule has 2 rings (SSSR count). The van der Waals surface area contributed by atoms with Crippen LogP contribution in [0.4, 0.5) is 4.39 Å². The summed E-state index contributed by atoms with van der Waals surface area (Å²) in [5, 5.41) is 3.27. The number of benzene rings is 1. The lowest BCUT2D eigenvalue weighted by atomic mass is 9.96. The van der Waals surface area contributed by atoms with Crippen LogP contribution in [0.25, 0.3) is 0 Å². The third-order valence-electron chi connectivity index (χ3n) is 4.37. The zero-order chi connectivity index (χ0) is 16.8. The van der Waals surface area contributed by atoms with E-state index in [1.54, 1.807) is 13.1 Å². The Morgan fingerprint density at radius 1 is 1.43 bits per heavy atom. The molecule has 1 fully saturated rings. The maximum Gasteiger partial charge on any atom is 0.233 e. The molecule has 1 amide bonds. The molecule has 0 aromatic heterocycles. The molecule has 0 unspecified atom stereocenters. The van der Waals surface area contributed by atoms with Crippen LogP contribution in [-0.4, -0.2) is 56.0 Å². The van der Waals surface area contributed by atoms with Gasteiger partial charge < -0.3 is 10.2 Å². The van der Waals surface area contributed by atoms with Crippen molar-refractivity contribution in [3.05, 3.63) is 34.6 Å². The van der Waals surface area contributed by atoms with Gasteiger partial charge in [-0.2, -0.15) is 0 Å². The lowest BCUT2D eigenvalue weighted by molar-refractivity contribution is -0.122. The standard InChI is InChI=1S/C17H25ClFN3O/c1-20-17(23)12-22-7-5-13(6-8-22)10-21(2)11-14-9-15(19)3-4-16(14)18/h3-4,9,13H,5-8,10-12H2,1-2H3,(H,20,23). The Bertz CT molecular complexity index is 533. The fourth-order valence-electron chi connectivity index (χ4n) is 3.07. The van der Waals surface area contributed by atoms with Crippen LogP contribution in [0, 0.1) is 11.7 Å². The summed E-state index contributed by atoms with van der Waals surface area (Å²) in [6, 6.07) is 4.50. The highest BCUT2D eigenvalue weighted by molar-refractivity contribution is 6.31. The van der Waals surface area contributed by atoms with E-state index in [-0.39, 0.29) is 11.7 Å². The van der Waals surface area contributed by atoms with Crippen molar-refractivity contribution in [3.8, 4) is 0 Å². The molecule has 0 spiro atoms. The number of carbonyl (C=O) groups excluding carboxylic acids is 1. The predicted octanol–water partition coefficient (Wildman–Crippen LogP) is 2.37. The summed E-state index contributed by atoms with van der Waals surface area (Å²) in [4.78, 5) is 15.8. The van der Waals surface area contributed by atoms with Crippen molar-refractivity contribution in [3.63, 3.8) is 0 Å². The largest absolute Gasteiger partial charge is 0.358 e. The van der Waals surface area contributed by atoms with Crippen LogP contribution in [0.5, 0.6) is 0 Å². The molecule has 128 valence electrons. The number of hydrogen-bond acceptors (Lipinski definition) is 3. The average Bonchev–Trinajstić information content (AvgIpc) is 2.52. The molecule has 6 heteroatoms. The zero-order valence-corrected chi connectivity index (χ0v) is 14.6. The molecule has 1 aromatic rings. The minimum atomic E-state index is -0.250. The number of hydrogen-bond donors (Lipinski definition) is 1. The van der Waals surface area contributed by atoms with Crippen molar-refractivity contribution in [2.24, 2.45) is 5.92 Å². The molecule has 1 aliphatic rings. The Hall–Kier alpha value is -1.17. The highest BCUT2D eigenvalue weighted by Crippen LogP contribution is 2.21. The lowest BCUT2D eigenvalue weighted by Crippen LogP contribution is -2.42. The summed E-state index contributed by atoms with van der Waals surface area (Å²) in [5.74, 6) is 0.426. The fraction of sp³-hybridized carbons (Fsp3) is 0.588. The van der Waals surface area contributed by atoms with Gasteiger partial charge >= 0.3 is 0 Å². The monoisotopic (exact) mass is 341 g/mol. The Kier molecular flexibility index (Phi) is 6.81. The molecule has 4 nitrogen and oxygen atoms in total. The Labute approximate surface area is 142 Å². The smallest absolute Gasteiger partial charge is 0.233 e. The number of likely N-dealkylation sites (N-methyl/N-ethyl adjacent to an activating group) is 1. The fourth-order valence-corrected chi connectivity index (χ4v) is 3.25. The van der Waals surface area contributed by atoms with Crippen LogP contribution in [0.1, 0.15) is 18.4 Å². The van der Waals surface area contributed by atoms with Crippen LogP contribution >= 0.6 is 11.6 Å². The maximum atomic E-state index is 13.3. The first kappa shape index (κ1) is 18.2. The zero-order valence-electron chi connectivity index (χ0n) is 13.8. The van der Waals surface area contributed by atoms with E-state index in [4.69, 9.17) is 11.6 Å². The third-order valence-corrected chi connectivity index (χ3v) is 4.74. The molecule has 0 saturated carbocycles. The summed E-state index contributed by atoms with van der Waals surface area (Å²) in [6.45, 7) is 3.99. The quantitative estimate of drug-likeness (QED) is 0.863. The number of nitrogens with zero attached hydrogens (tertiary/aromatic N) is 2. The second kappa shape index (κ2) is 8.62. The molecular weight excluding hydrogens is 317 g/mol. The van der Waals surface area contributed by atoms with Crippen molar-refractivity contribution in [1.82, 2.24) is 15.1 Å². The first-order chi connectivity index (χ1) is 11.0. The van der Waals surface area contributed by atoms with Gasteiger partial charge in [-0.05, 0) is 62.7 Å². The number of halogens is 2. The molecule has 1 aliphatic heterocycles. The molecule has 1 heterocycles. The molecule has 1 aromatic carbocycles. The summed E-state index contributed by atoms with van der Waals surface area (Å²) in [7, 11) is 3.71. The summed E-state index contributed by atoms with van der Waals surface area (Å²) >= 11 is 6.13. The van der Waals surface area contributed by atoms with Gasteiger partial charge in [0.15, 0.2) is 0 Å². The predicted molar refractivity (Wildman–Crippen MR) is 91.0 cm³/mol. The molecule has 0 atom stereocenters. The molecule has 23 heavy (non-hydrogen) atoms. The van der Waals surface area contributed by atoms with Crippen molar-refractivity contribution in [1.29, 1.82) is 0 Å². The average molecular weight is 342 g/mol. The number of nitrogens with one attached hydrogen (secondary N) is 1. The molecule has 1 N–H and O–H groups in total. The van der Waals surface area contributed by atoms with Gasteiger partial charge in [0.2, 0.25) is 5.91 Å². The first-order valence-corrected chi connectivity index (χ1v) is 8.41. The van der Waals surface area contributed by atoms with E-state index in [0.717, 1.165) is 38.0 Å². The van der Waals surface area contributed by atoms with Crippen LogP contribution < -0.4 is 5.32 Å². The van der Waals surface area contributed by atoms with Gasteiger partial charge in [-0.25, -0.2) is 4.39 Å². The Morgan fingerprint density at radius 3 is 2.78 bits per heavy atom. The van der Waals surface area contributed by atoms with Gasteiger partial charge in [0.1, 0.15) is 5.82 Å². The molecular formula is C17H25ClFN3O. The van der Waals surface area contributed by atoms with E-state index in [0.29, 0.717) is 24.0 Å². The van der Waals surface area contributed by atoms with Crippen molar-refractivity contribution < 1.29 is 9.18 Å². The molecule has 0 bridgehead atoms. The van der Waals surface area contributed by atoms with Crippen LogP contribution in [0.3, 0.4) is 0 Å². The van der Waals surface area contributed by atoms with Crippen molar-refractivity contribution in [2.75, 3.05) is 40.3 Å². The Morgan fingerprint density at radius 2 is 2.13 bits per heavy atom. The van der Waals surface area contributed by atoms with Crippen molar-refractivity contribution >= 4 is 17.5 Å². The number of rotatable bonds is 6. The second-order valence-electron chi connectivity index (χ2n) is 6.33. The van der Waals surface area contributed by atoms with Gasteiger partial charge in [-0.15, -0.1) is 0 Å². The minimum absolute atomic E-state index is 0.0707. The molecule has 0 aliphatic carbocycles. The third kappa shape index (κ3) is 5.75. The van der Waals surface area contributed by atoms with Crippen LogP contribution in [-0.2, 0) is 11.3 Å². The van der Waals surface area contributed by atoms with Gasteiger partial charge in [0.25, 0.3) is 0 Å². The van der Waals surface area contributed by atoms with E-state index >= 15 is 0 Å². The first-order valence-electron chi connectivity index (χ1n) is 8.03. The molecule has 0 radical (unpaired) electrons. The summed E-state index contributed by atoms with van der Waals surface area (Å²) in [5.41, 5.74) is 0.825. The summed E-state index contributed by atoms with van der Waals surface area (Å²) < 4.78 is 13.3. The topological polar surface area (TPSA) is 35.6 Å². The highest BCUT2D eigenvalue weighted by atomic mass is 35.5. The van der Waals surface area contributed by atoms with Gasteiger partial charge in [-0.3, -0.25) is 9.69 Å². The SMILES string of the molecule is CNC(=O)CN1CCC(CN(C)Cc2cc(F)ccc2Cl)CC1. The van der Waals surface area contributed by atoms with Gasteiger partial charge in [0.05, 0.1) is 6.54 Å². The van der Waals surface area contributed by atoms with E-state index < -0.39 is 0 Å². The Balaban J connectivity index is 1.77. The molecule has 1 saturated heterocycles. The number of piperidine rings is 1. The number of carbonyl (C=O) groups is 1. The minimum Gasteiger partial charge on any atom is -0.358 e. The number of likely N-dealkylation sites (tertiary alicyclic amines) is 1. The second-order valence-corrected chi connectivity index (χ2v) is 6.73. The van der Waals surface area contributed by atoms with E-state index in [2.05, 4.69) is 15.1 Å². The normalized spacial score (nSPS) is 16.7. The van der Waals surface area contributed by atoms with Gasteiger partial charge in [-0.1, -0.05) is 11.6 Å². The maximum absolute atomic E-state index is 13.3. The highest BCUT2D eigenvalue weighted by Gasteiger charge is 2.21. The van der Waals surface area contributed by atoms with E-state index in [1.165, 1.54) is 12.1 Å². The summed E-state index contributed by atoms with van der Waals surface area (Å²) in [6.07, 6.45) is 2.16. The van der Waals surface area contributed by atoms with E-state index in [1.807, 2.05) is 7.05 Å². The van der Waals surface area contributed by atoms with Gasteiger partial charge in [0, 0.05) is 25.2 Å².